The van der Waals surface area contributed by atoms with Crippen LogP contribution in [0.1, 0.15) is 24.8 Å². The minimum absolute atomic E-state index is 0.232. The minimum atomic E-state index is 0.232. The summed E-state index contributed by atoms with van der Waals surface area (Å²) < 4.78 is 0. The number of anilines is 1. The molecule has 1 aromatic carbocycles. The van der Waals surface area contributed by atoms with Crippen molar-refractivity contribution in [1.82, 2.24) is 4.90 Å². The van der Waals surface area contributed by atoms with Crippen LogP contribution >= 0.6 is 11.8 Å². The highest BCUT2D eigenvalue weighted by atomic mass is 32.2. The predicted octanol–water partition coefficient (Wildman–Crippen LogP) is 2.51. The van der Waals surface area contributed by atoms with Crippen molar-refractivity contribution in [3.8, 4) is 0 Å². The van der Waals surface area contributed by atoms with Crippen molar-refractivity contribution in [3.05, 3.63) is 29.8 Å². The number of amides is 1. The molecule has 1 aromatic rings. The fourth-order valence-electron chi connectivity index (χ4n) is 2.60. The van der Waals surface area contributed by atoms with E-state index in [4.69, 9.17) is 5.73 Å². The molecule has 1 amide bonds. The summed E-state index contributed by atoms with van der Waals surface area (Å²) in [7, 11) is 0. The smallest absolute Gasteiger partial charge is 0.227 e. The van der Waals surface area contributed by atoms with Crippen molar-refractivity contribution < 1.29 is 4.79 Å². The molecule has 2 N–H and O–H groups in total. The molecule has 1 unspecified atom stereocenters. The van der Waals surface area contributed by atoms with E-state index < -0.39 is 0 Å². The normalized spacial score (nSPS) is 22.4. The van der Waals surface area contributed by atoms with Gasteiger partial charge in [0.15, 0.2) is 0 Å². The molecule has 102 valence electrons. The van der Waals surface area contributed by atoms with Gasteiger partial charge in [-0.1, -0.05) is 18.2 Å². The SMILES string of the molecule is Nc1ccccc1CN(C(=O)C1CCSC1)C1CC1. The van der Waals surface area contributed by atoms with Gasteiger partial charge in [-0.2, -0.15) is 11.8 Å². The van der Waals surface area contributed by atoms with Gasteiger partial charge in [-0.05, 0) is 36.6 Å². The van der Waals surface area contributed by atoms with Gasteiger partial charge in [0.1, 0.15) is 0 Å². The van der Waals surface area contributed by atoms with Crippen LogP contribution < -0.4 is 5.73 Å². The number of nitrogens with two attached hydrogens (primary N) is 1. The number of rotatable bonds is 4. The molecular formula is C15H20N2OS. The maximum absolute atomic E-state index is 12.6. The van der Waals surface area contributed by atoms with Crippen molar-refractivity contribution in [1.29, 1.82) is 0 Å². The number of thioether (sulfide) groups is 1. The second-order valence-corrected chi connectivity index (χ2v) is 6.61. The molecule has 2 fully saturated rings. The van der Waals surface area contributed by atoms with Crippen molar-refractivity contribution in [2.24, 2.45) is 5.92 Å². The Bertz CT molecular complexity index is 467. The first-order valence-electron chi connectivity index (χ1n) is 6.97. The second kappa shape index (κ2) is 5.45. The third-order valence-electron chi connectivity index (χ3n) is 3.95. The first-order chi connectivity index (χ1) is 9.25. The average Bonchev–Trinajstić information content (AvgIpc) is 3.11. The van der Waals surface area contributed by atoms with E-state index in [0.717, 1.165) is 42.0 Å². The number of carbonyl (C=O) groups is 1. The third kappa shape index (κ3) is 2.89. The molecule has 1 aliphatic carbocycles. The predicted molar refractivity (Wildman–Crippen MR) is 79.9 cm³/mol. The Hall–Kier alpha value is -1.16. The lowest BCUT2D eigenvalue weighted by Crippen LogP contribution is -2.37. The molecule has 1 atom stereocenters. The van der Waals surface area contributed by atoms with Crippen molar-refractivity contribution in [2.45, 2.75) is 31.8 Å². The van der Waals surface area contributed by atoms with Crippen LogP contribution in [0.2, 0.25) is 0 Å². The molecule has 1 saturated heterocycles. The first-order valence-corrected chi connectivity index (χ1v) is 8.13. The van der Waals surface area contributed by atoms with Crippen LogP contribution in [-0.4, -0.2) is 28.4 Å². The maximum Gasteiger partial charge on any atom is 0.227 e. The van der Waals surface area contributed by atoms with E-state index in [1.54, 1.807) is 0 Å². The van der Waals surface area contributed by atoms with Gasteiger partial charge < -0.3 is 10.6 Å². The molecule has 4 heteroatoms. The Kier molecular flexibility index (Phi) is 3.69. The molecule has 3 nitrogen and oxygen atoms in total. The Morgan fingerprint density at radius 3 is 2.74 bits per heavy atom. The molecule has 0 spiro atoms. The molecule has 0 radical (unpaired) electrons. The Labute approximate surface area is 118 Å². The zero-order chi connectivity index (χ0) is 13.2. The Morgan fingerprint density at radius 2 is 2.11 bits per heavy atom. The molecular weight excluding hydrogens is 256 g/mol. The number of benzene rings is 1. The number of hydrogen-bond donors (Lipinski definition) is 1. The zero-order valence-electron chi connectivity index (χ0n) is 11.0. The molecule has 3 rings (SSSR count). The summed E-state index contributed by atoms with van der Waals surface area (Å²) in [6, 6.07) is 8.33. The van der Waals surface area contributed by atoms with Gasteiger partial charge in [0.05, 0.1) is 0 Å². The van der Waals surface area contributed by atoms with Crippen molar-refractivity contribution in [2.75, 3.05) is 17.2 Å². The largest absolute Gasteiger partial charge is 0.398 e. The quantitative estimate of drug-likeness (QED) is 0.860. The zero-order valence-corrected chi connectivity index (χ0v) is 11.9. The topological polar surface area (TPSA) is 46.3 Å². The van der Waals surface area contributed by atoms with Gasteiger partial charge in [-0.15, -0.1) is 0 Å². The van der Waals surface area contributed by atoms with Gasteiger partial charge in [-0.25, -0.2) is 0 Å². The average molecular weight is 276 g/mol. The van der Waals surface area contributed by atoms with Crippen molar-refractivity contribution in [3.63, 3.8) is 0 Å². The van der Waals surface area contributed by atoms with Gasteiger partial charge in [-0.3, -0.25) is 4.79 Å². The number of para-hydroxylation sites is 1. The van der Waals surface area contributed by atoms with E-state index in [2.05, 4.69) is 4.90 Å². The second-order valence-electron chi connectivity index (χ2n) is 5.46. The van der Waals surface area contributed by atoms with Gasteiger partial charge in [0.25, 0.3) is 0 Å². The lowest BCUT2D eigenvalue weighted by Gasteiger charge is -2.26. The fourth-order valence-corrected chi connectivity index (χ4v) is 3.81. The van der Waals surface area contributed by atoms with Crippen LogP contribution in [0.4, 0.5) is 5.69 Å². The maximum atomic E-state index is 12.6. The molecule has 0 bridgehead atoms. The highest BCUT2D eigenvalue weighted by molar-refractivity contribution is 7.99. The number of nitrogen functional groups attached to an aromatic ring is 1. The number of hydrogen-bond acceptors (Lipinski definition) is 3. The summed E-state index contributed by atoms with van der Waals surface area (Å²) in [5, 5.41) is 0. The van der Waals surface area contributed by atoms with Crippen LogP contribution in [0.5, 0.6) is 0 Å². The van der Waals surface area contributed by atoms with Gasteiger partial charge in [0.2, 0.25) is 5.91 Å². The summed E-state index contributed by atoms with van der Waals surface area (Å²) in [6.45, 7) is 0.678. The van der Waals surface area contributed by atoms with Crippen molar-refractivity contribution >= 4 is 23.4 Å². The molecule has 2 aliphatic rings. The molecule has 1 aliphatic heterocycles. The Morgan fingerprint density at radius 1 is 1.32 bits per heavy atom. The summed E-state index contributed by atoms with van der Waals surface area (Å²) in [5.74, 6) is 2.70. The standard InChI is InChI=1S/C15H20N2OS/c16-14-4-2-1-3-11(14)9-17(13-5-6-13)15(18)12-7-8-19-10-12/h1-4,12-13H,5-10,16H2. The number of nitrogens with zero attached hydrogens (tertiary/aromatic N) is 1. The highest BCUT2D eigenvalue weighted by Gasteiger charge is 2.36. The monoisotopic (exact) mass is 276 g/mol. The fraction of sp³-hybridized carbons (Fsp3) is 0.533. The van der Waals surface area contributed by atoms with Crippen LogP contribution in [0.25, 0.3) is 0 Å². The van der Waals surface area contributed by atoms with E-state index in [1.807, 2.05) is 36.0 Å². The lowest BCUT2D eigenvalue weighted by atomic mass is 10.1. The lowest BCUT2D eigenvalue weighted by molar-refractivity contribution is -0.135. The van der Waals surface area contributed by atoms with Crippen LogP contribution in [0.3, 0.4) is 0 Å². The van der Waals surface area contributed by atoms with Gasteiger partial charge in [0, 0.05) is 29.9 Å². The van der Waals surface area contributed by atoms with Crippen LogP contribution in [-0.2, 0) is 11.3 Å². The summed E-state index contributed by atoms with van der Waals surface area (Å²) in [5.41, 5.74) is 7.87. The van der Waals surface area contributed by atoms with E-state index in [9.17, 15) is 4.79 Å². The number of carbonyl (C=O) groups excluding carboxylic acids is 1. The highest BCUT2D eigenvalue weighted by Crippen LogP contribution is 2.33. The molecule has 1 heterocycles. The molecule has 19 heavy (non-hydrogen) atoms. The molecule has 1 saturated carbocycles. The minimum Gasteiger partial charge on any atom is -0.398 e. The van der Waals surface area contributed by atoms with E-state index in [1.165, 1.54) is 0 Å². The Balaban J connectivity index is 1.74. The summed E-state index contributed by atoms with van der Waals surface area (Å²) in [6.07, 6.45) is 3.34. The van der Waals surface area contributed by atoms with Crippen LogP contribution in [0.15, 0.2) is 24.3 Å². The van der Waals surface area contributed by atoms with E-state index in [0.29, 0.717) is 18.5 Å². The van der Waals surface area contributed by atoms with E-state index in [-0.39, 0.29) is 5.92 Å². The summed E-state index contributed by atoms with van der Waals surface area (Å²) >= 11 is 1.90. The molecule has 0 aromatic heterocycles. The van der Waals surface area contributed by atoms with Crippen LogP contribution in [0, 0.1) is 5.92 Å². The van der Waals surface area contributed by atoms with E-state index >= 15 is 0 Å². The summed E-state index contributed by atoms with van der Waals surface area (Å²) in [4.78, 5) is 14.7. The first kappa shape index (κ1) is 12.9. The third-order valence-corrected chi connectivity index (χ3v) is 5.11. The van der Waals surface area contributed by atoms with Gasteiger partial charge >= 0.3 is 0 Å².